The fourth-order valence-electron chi connectivity index (χ4n) is 4.71. The summed E-state index contributed by atoms with van der Waals surface area (Å²) in [6, 6.07) is 5.69. The minimum Gasteiger partial charge on any atom is -0.322 e. The van der Waals surface area contributed by atoms with Crippen molar-refractivity contribution in [1.29, 1.82) is 0 Å². The summed E-state index contributed by atoms with van der Waals surface area (Å²) >= 11 is 0. The number of carbonyl (C=O) groups excluding carboxylic acids is 3. The number of nitrogens with one attached hydrogen (secondary N) is 1. The number of amides is 3. The molecule has 1 aromatic rings. The molecular weight excluding hydrogens is 354 g/mol. The number of likely N-dealkylation sites (tertiary alicyclic amines) is 1. The summed E-state index contributed by atoms with van der Waals surface area (Å²) in [6.07, 6.45) is 2.89. The van der Waals surface area contributed by atoms with E-state index in [2.05, 4.69) is 37.1 Å². The largest absolute Gasteiger partial charge is 0.322 e. The molecular formula is C22H29N3O3. The molecule has 0 spiro atoms. The summed E-state index contributed by atoms with van der Waals surface area (Å²) in [6.45, 7) is 9.35. The average molecular weight is 383 g/mol. The zero-order chi connectivity index (χ0) is 20.1. The van der Waals surface area contributed by atoms with Crippen molar-refractivity contribution < 1.29 is 14.4 Å². The van der Waals surface area contributed by atoms with Gasteiger partial charge in [0.1, 0.15) is 6.04 Å². The van der Waals surface area contributed by atoms with Crippen LogP contribution < -0.4 is 5.32 Å². The second kappa shape index (κ2) is 6.99. The lowest BCUT2D eigenvalue weighted by Gasteiger charge is -2.41. The van der Waals surface area contributed by atoms with E-state index in [-0.39, 0.29) is 29.7 Å². The first-order valence-corrected chi connectivity index (χ1v) is 10.3. The Kier molecular flexibility index (Phi) is 4.78. The van der Waals surface area contributed by atoms with Gasteiger partial charge in [0.15, 0.2) is 0 Å². The summed E-state index contributed by atoms with van der Waals surface area (Å²) in [4.78, 5) is 40.7. The second-order valence-corrected chi connectivity index (χ2v) is 9.25. The van der Waals surface area contributed by atoms with Crippen molar-refractivity contribution in [3.63, 3.8) is 0 Å². The highest BCUT2D eigenvalue weighted by molar-refractivity contribution is 6.05. The number of benzene rings is 1. The monoisotopic (exact) mass is 383 g/mol. The van der Waals surface area contributed by atoms with E-state index in [0.29, 0.717) is 18.9 Å². The quantitative estimate of drug-likeness (QED) is 0.797. The van der Waals surface area contributed by atoms with Crippen LogP contribution in [0.25, 0.3) is 0 Å². The molecule has 3 heterocycles. The summed E-state index contributed by atoms with van der Waals surface area (Å²) in [7, 11) is 0. The highest BCUT2D eigenvalue weighted by atomic mass is 16.2. The van der Waals surface area contributed by atoms with Crippen LogP contribution in [0, 0.1) is 0 Å². The summed E-state index contributed by atoms with van der Waals surface area (Å²) in [5.41, 5.74) is 3.12. The number of imide groups is 1. The van der Waals surface area contributed by atoms with E-state index in [9.17, 15) is 14.4 Å². The van der Waals surface area contributed by atoms with Crippen molar-refractivity contribution in [3.05, 3.63) is 34.9 Å². The van der Waals surface area contributed by atoms with Crippen molar-refractivity contribution in [1.82, 2.24) is 15.1 Å². The highest BCUT2D eigenvalue weighted by Gasteiger charge is 2.39. The molecule has 4 rings (SSSR count). The van der Waals surface area contributed by atoms with Gasteiger partial charge in [-0.2, -0.15) is 0 Å². The molecule has 1 unspecified atom stereocenters. The first-order chi connectivity index (χ1) is 13.2. The number of fused-ring (bicyclic) bond motifs is 1. The second-order valence-electron chi connectivity index (χ2n) is 9.25. The molecule has 6 heteroatoms. The molecule has 1 N–H and O–H groups in total. The summed E-state index contributed by atoms with van der Waals surface area (Å²) in [5, 5.41) is 2.36. The zero-order valence-electron chi connectivity index (χ0n) is 17.0. The molecule has 2 fully saturated rings. The average Bonchev–Trinajstić information content (AvgIpc) is 2.97. The first kappa shape index (κ1) is 19.1. The molecule has 3 amide bonds. The van der Waals surface area contributed by atoms with E-state index in [1.165, 1.54) is 5.56 Å². The van der Waals surface area contributed by atoms with Crippen LogP contribution in [0.3, 0.4) is 0 Å². The SMILES string of the molecule is CC(C)(C)N1CCC(c2ccc3c(c2)C(=O)N(C2CCC(=O)NC2=O)C3)CC1. The molecule has 1 aromatic carbocycles. The van der Waals surface area contributed by atoms with E-state index >= 15 is 0 Å². The lowest BCUT2D eigenvalue weighted by Crippen LogP contribution is -2.52. The highest BCUT2D eigenvalue weighted by Crippen LogP contribution is 2.34. The Morgan fingerprint density at radius 2 is 1.75 bits per heavy atom. The molecule has 0 saturated carbocycles. The van der Waals surface area contributed by atoms with Crippen molar-refractivity contribution >= 4 is 17.7 Å². The van der Waals surface area contributed by atoms with Gasteiger partial charge in [0, 0.05) is 24.1 Å². The van der Waals surface area contributed by atoms with E-state index in [1.807, 2.05) is 12.1 Å². The third-order valence-corrected chi connectivity index (χ3v) is 6.47. The Bertz CT molecular complexity index is 819. The van der Waals surface area contributed by atoms with Crippen LogP contribution in [0.15, 0.2) is 18.2 Å². The van der Waals surface area contributed by atoms with Gasteiger partial charge in [0.05, 0.1) is 0 Å². The van der Waals surface area contributed by atoms with Crippen LogP contribution in [0.4, 0.5) is 0 Å². The number of rotatable bonds is 2. The molecule has 1 atom stereocenters. The molecule has 0 radical (unpaired) electrons. The van der Waals surface area contributed by atoms with Gasteiger partial charge in [-0.15, -0.1) is 0 Å². The van der Waals surface area contributed by atoms with Gasteiger partial charge in [-0.25, -0.2) is 0 Å². The minimum absolute atomic E-state index is 0.0847. The van der Waals surface area contributed by atoms with Gasteiger partial charge in [-0.1, -0.05) is 12.1 Å². The third kappa shape index (κ3) is 3.46. The van der Waals surface area contributed by atoms with E-state index in [1.54, 1.807) is 4.90 Å². The molecule has 3 aliphatic heterocycles. The lowest BCUT2D eigenvalue weighted by molar-refractivity contribution is -0.136. The zero-order valence-corrected chi connectivity index (χ0v) is 17.0. The maximum Gasteiger partial charge on any atom is 0.255 e. The standard InChI is InChI=1S/C22H29N3O3/c1-22(2,3)24-10-8-14(9-11-24)15-4-5-16-13-25(21(28)17(16)12-15)18-6-7-19(26)23-20(18)27/h4-5,12,14,18H,6-11,13H2,1-3H3,(H,23,26,27). The number of hydrogen-bond acceptors (Lipinski definition) is 4. The smallest absolute Gasteiger partial charge is 0.255 e. The first-order valence-electron chi connectivity index (χ1n) is 10.3. The van der Waals surface area contributed by atoms with Gasteiger partial charge in [-0.3, -0.25) is 24.6 Å². The van der Waals surface area contributed by atoms with Crippen LogP contribution >= 0.6 is 0 Å². The Morgan fingerprint density at radius 1 is 1.04 bits per heavy atom. The van der Waals surface area contributed by atoms with Crippen LogP contribution in [0.1, 0.15) is 73.9 Å². The molecule has 28 heavy (non-hydrogen) atoms. The van der Waals surface area contributed by atoms with Gasteiger partial charge in [0.25, 0.3) is 5.91 Å². The van der Waals surface area contributed by atoms with Crippen molar-refractivity contribution in [2.75, 3.05) is 13.1 Å². The maximum absolute atomic E-state index is 13.0. The molecule has 0 aliphatic carbocycles. The molecule has 2 saturated heterocycles. The van der Waals surface area contributed by atoms with Crippen molar-refractivity contribution in [2.24, 2.45) is 0 Å². The summed E-state index contributed by atoms with van der Waals surface area (Å²) in [5.74, 6) is -0.221. The molecule has 0 bridgehead atoms. The number of piperidine rings is 2. The van der Waals surface area contributed by atoms with Crippen molar-refractivity contribution in [2.45, 2.75) is 70.5 Å². The number of nitrogens with zero attached hydrogens (tertiary/aromatic N) is 2. The van der Waals surface area contributed by atoms with Crippen molar-refractivity contribution in [3.8, 4) is 0 Å². The Hall–Kier alpha value is -2.21. The van der Waals surface area contributed by atoms with Crippen LogP contribution in [0.5, 0.6) is 0 Å². The van der Waals surface area contributed by atoms with Gasteiger partial charge in [-0.05, 0) is 76.2 Å². The molecule has 0 aromatic heterocycles. The van der Waals surface area contributed by atoms with E-state index < -0.39 is 6.04 Å². The van der Waals surface area contributed by atoms with Gasteiger partial charge in [0.2, 0.25) is 11.8 Å². The fourth-order valence-corrected chi connectivity index (χ4v) is 4.71. The molecule has 3 aliphatic rings. The van der Waals surface area contributed by atoms with Crippen LogP contribution in [0.2, 0.25) is 0 Å². The Labute approximate surface area is 166 Å². The predicted octanol–water partition coefficient (Wildman–Crippen LogP) is 2.43. The maximum atomic E-state index is 13.0. The van der Waals surface area contributed by atoms with E-state index in [0.717, 1.165) is 37.1 Å². The summed E-state index contributed by atoms with van der Waals surface area (Å²) < 4.78 is 0. The van der Waals surface area contributed by atoms with Gasteiger partial charge < -0.3 is 4.90 Å². The normalized spacial score (nSPS) is 24.5. The Morgan fingerprint density at radius 3 is 2.39 bits per heavy atom. The predicted molar refractivity (Wildman–Crippen MR) is 106 cm³/mol. The van der Waals surface area contributed by atoms with Crippen LogP contribution in [-0.2, 0) is 16.1 Å². The third-order valence-electron chi connectivity index (χ3n) is 6.47. The number of carbonyl (C=O) groups is 3. The Balaban J connectivity index is 1.48. The van der Waals surface area contributed by atoms with E-state index in [4.69, 9.17) is 0 Å². The molecule has 6 nitrogen and oxygen atoms in total. The number of hydrogen-bond donors (Lipinski definition) is 1. The van der Waals surface area contributed by atoms with Gasteiger partial charge >= 0.3 is 0 Å². The minimum atomic E-state index is -0.545. The topological polar surface area (TPSA) is 69.7 Å². The van der Waals surface area contributed by atoms with Crippen LogP contribution in [-0.4, -0.2) is 52.2 Å². The lowest BCUT2D eigenvalue weighted by atomic mass is 9.86. The molecule has 150 valence electrons. The fraction of sp³-hybridized carbons (Fsp3) is 0.591.